The van der Waals surface area contributed by atoms with Gasteiger partial charge >= 0.3 is 0 Å². The summed E-state index contributed by atoms with van der Waals surface area (Å²) in [5.74, 6) is -3.26. The number of nitrogens with one attached hydrogen (secondary N) is 1. The third-order valence-electron chi connectivity index (χ3n) is 5.07. The molecule has 0 aliphatic carbocycles. The van der Waals surface area contributed by atoms with Crippen molar-refractivity contribution in [3.05, 3.63) is 52.6 Å². The Morgan fingerprint density at radius 3 is 2.45 bits per heavy atom. The number of benzene rings is 2. The summed E-state index contributed by atoms with van der Waals surface area (Å²) in [7, 11) is 4.13. The number of hydrogen-bond donors (Lipinski definition) is 1. The van der Waals surface area contributed by atoms with E-state index in [-0.39, 0.29) is 17.0 Å². The number of alkyl halides is 2. The van der Waals surface area contributed by atoms with E-state index in [1.807, 2.05) is 19.0 Å². The Morgan fingerprint density at radius 1 is 1.18 bits per heavy atom. The van der Waals surface area contributed by atoms with Crippen LogP contribution in [0.5, 0.6) is 5.75 Å². The van der Waals surface area contributed by atoms with Gasteiger partial charge in [-0.15, -0.1) is 0 Å². The van der Waals surface area contributed by atoms with Crippen molar-refractivity contribution in [2.45, 2.75) is 40.0 Å². The van der Waals surface area contributed by atoms with Crippen LogP contribution in [0.4, 0.5) is 14.5 Å². The molecule has 1 N–H and O–H groups in total. The van der Waals surface area contributed by atoms with E-state index in [0.29, 0.717) is 44.2 Å². The van der Waals surface area contributed by atoms with Crippen LogP contribution < -0.4 is 15.4 Å². The van der Waals surface area contributed by atoms with Gasteiger partial charge in [-0.1, -0.05) is 28.0 Å². The number of Topliss-reactive ketones (excluding diaryl/α,β-unsaturated/α-hetero) is 1. The van der Waals surface area contributed by atoms with Gasteiger partial charge in [0.15, 0.2) is 5.78 Å². The molecule has 8 heteroatoms. The van der Waals surface area contributed by atoms with Crippen molar-refractivity contribution in [1.29, 1.82) is 0 Å². The van der Waals surface area contributed by atoms with Crippen LogP contribution in [0.3, 0.4) is 0 Å². The Morgan fingerprint density at radius 2 is 1.88 bits per heavy atom. The van der Waals surface area contributed by atoms with E-state index >= 15 is 0 Å². The number of nitrogens with zero attached hydrogens (tertiary/aromatic N) is 1. The summed E-state index contributed by atoms with van der Waals surface area (Å²) in [5.41, 5.74) is 1.41. The minimum Gasteiger partial charge on any atom is -0.491 e. The zero-order valence-electron chi connectivity index (χ0n) is 20.1. The van der Waals surface area contributed by atoms with Gasteiger partial charge in [-0.3, -0.25) is 9.59 Å². The lowest BCUT2D eigenvalue weighted by Crippen LogP contribution is -2.25. The molecule has 2 rings (SSSR count). The standard InChI is InChI=1S/C25H33F2N2O3P/c1-7-12-33-22-14-18(17(3)30)13-21(32-11-10-29(5)6)23(22)24(31)28-19-9-8-16(2)20(15-19)25(4,26)27/h8-9,13-15,33H,7,10-12H2,1-6H3,(H,28,31). The lowest BCUT2D eigenvalue weighted by Gasteiger charge is -2.19. The van der Waals surface area contributed by atoms with Crippen LogP contribution in [-0.4, -0.2) is 50.0 Å². The van der Waals surface area contributed by atoms with Crippen LogP contribution in [-0.2, 0) is 5.92 Å². The number of ketones is 1. The molecule has 2 aromatic carbocycles. The van der Waals surface area contributed by atoms with Crippen molar-refractivity contribution in [3.63, 3.8) is 0 Å². The van der Waals surface area contributed by atoms with E-state index in [1.54, 1.807) is 31.2 Å². The molecular formula is C25H33F2N2O3P. The van der Waals surface area contributed by atoms with E-state index in [4.69, 9.17) is 4.74 Å². The summed E-state index contributed by atoms with van der Waals surface area (Å²) in [6.45, 7) is 6.94. The predicted octanol–water partition coefficient (Wildman–Crippen LogP) is 5.22. The number of anilines is 1. The number of aryl methyl sites for hydroxylation is 1. The van der Waals surface area contributed by atoms with Crippen LogP contribution in [0.15, 0.2) is 30.3 Å². The minimum atomic E-state index is -3.03. The molecule has 1 unspecified atom stereocenters. The Hall–Kier alpha value is -2.37. The van der Waals surface area contributed by atoms with Crippen LogP contribution in [0, 0.1) is 6.92 Å². The summed E-state index contributed by atoms with van der Waals surface area (Å²) in [4.78, 5) is 27.4. The SMILES string of the molecule is CCCPc1cc(C(C)=O)cc(OCCN(C)C)c1C(=O)Nc1ccc(C)c(C(C)(F)F)c1. The predicted molar refractivity (Wildman–Crippen MR) is 132 cm³/mol. The largest absolute Gasteiger partial charge is 0.491 e. The van der Waals surface area contributed by atoms with Crippen molar-refractivity contribution >= 4 is 31.3 Å². The number of amides is 1. The molecule has 5 nitrogen and oxygen atoms in total. The zero-order chi connectivity index (χ0) is 24.8. The van der Waals surface area contributed by atoms with Crippen molar-refractivity contribution < 1.29 is 23.1 Å². The maximum absolute atomic E-state index is 14.0. The average molecular weight is 479 g/mol. The van der Waals surface area contributed by atoms with Crippen molar-refractivity contribution in [1.82, 2.24) is 4.90 Å². The average Bonchev–Trinajstić information content (AvgIpc) is 2.72. The third kappa shape index (κ3) is 7.58. The zero-order valence-corrected chi connectivity index (χ0v) is 21.1. The topological polar surface area (TPSA) is 58.6 Å². The second-order valence-electron chi connectivity index (χ2n) is 8.40. The van der Waals surface area contributed by atoms with Crippen molar-refractivity contribution in [3.8, 4) is 5.75 Å². The van der Waals surface area contributed by atoms with E-state index in [2.05, 4.69) is 12.2 Å². The maximum Gasteiger partial charge on any atom is 0.270 e. The fourth-order valence-corrected chi connectivity index (χ4v) is 4.46. The fraction of sp³-hybridized carbons (Fsp3) is 0.440. The Labute approximate surface area is 196 Å². The highest BCUT2D eigenvalue weighted by atomic mass is 31.1. The highest BCUT2D eigenvalue weighted by Crippen LogP contribution is 2.32. The molecular weight excluding hydrogens is 445 g/mol. The van der Waals surface area contributed by atoms with E-state index in [1.165, 1.54) is 13.0 Å². The molecule has 0 heterocycles. The molecule has 0 saturated carbocycles. The van der Waals surface area contributed by atoms with Gasteiger partial charge in [0, 0.05) is 30.3 Å². The Kier molecular flexibility index (Phi) is 9.50. The smallest absolute Gasteiger partial charge is 0.270 e. The maximum atomic E-state index is 14.0. The summed E-state index contributed by atoms with van der Waals surface area (Å²) < 4.78 is 33.9. The second kappa shape index (κ2) is 11.7. The molecule has 1 amide bonds. The van der Waals surface area contributed by atoms with Gasteiger partial charge in [0.2, 0.25) is 0 Å². The van der Waals surface area contributed by atoms with E-state index in [0.717, 1.165) is 24.8 Å². The number of rotatable bonds is 11. The van der Waals surface area contributed by atoms with Gasteiger partial charge < -0.3 is 15.0 Å². The number of carbonyl (C=O) groups is 2. The summed E-state index contributed by atoms with van der Waals surface area (Å²) >= 11 is 0. The third-order valence-corrected chi connectivity index (χ3v) is 6.59. The molecule has 0 saturated heterocycles. The first-order valence-corrected chi connectivity index (χ1v) is 12.2. The van der Waals surface area contributed by atoms with Gasteiger partial charge in [0.1, 0.15) is 12.4 Å². The first-order chi connectivity index (χ1) is 15.4. The number of carbonyl (C=O) groups excluding carboxylic acids is 2. The van der Waals surface area contributed by atoms with Crippen molar-refractivity contribution in [2.24, 2.45) is 0 Å². The highest BCUT2D eigenvalue weighted by Gasteiger charge is 2.27. The van der Waals surface area contributed by atoms with Crippen molar-refractivity contribution in [2.75, 3.05) is 38.7 Å². The molecule has 0 radical (unpaired) electrons. The highest BCUT2D eigenvalue weighted by molar-refractivity contribution is 7.47. The molecule has 0 aliphatic rings. The fourth-order valence-electron chi connectivity index (χ4n) is 3.27. The lowest BCUT2D eigenvalue weighted by atomic mass is 10.0. The van der Waals surface area contributed by atoms with Gasteiger partial charge in [0.25, 0.3) is 11.8 Å². The number of ether oxygens (including phenoxy) is 1. The summed E-state index contributed by atoms with van der Waals surface area (Å²) in [6.07, 6.45) is 1.78. The van der Waals surface area contributed by atoms with E-state index < -0.39 is 11.8 Å². The monoisotopic (exact) mass is 478 g/mol. The molecule has 0 aromatic heterocycles. The first kappa shape index (κ1) is 26.9. The van der Waals surface area contributed by atoms with Gasteiger partial charge in [-0.05, 0) is 69.2 Å². The molecule has 33 heavy (non-hydrogen) atoms. The first-order valence-electron chi connectivity index (χ1n) is 10.9. The Balaban J connectivity index is 2.50. The molecule has 0 bridgehead atoms. The molecule has 0 fully saturated rings. The number of hydrogen-bond acceptors (Lipinski definition) is 4. The van der Waals surface area contributed by atoms with Crippen LogP contribution in [0.25, 0.3) is 0 Å². The number of halogens is 2. The normalized spacial score (nSPS) is 11.9. The molecule has 0 spiro atoms. The van der Waals surface area contributed by atoms with Gasteiger partial charge in [-0.2, -0.15) is 0 Å². The summed E-state index contributed by atoms with van der Waals surface area (Å²) in [5, 5.41) is 3.49. The quantitative estimate of drug-likeness (QED) is 0.356. The van der Waals surface area contributed by atoms with Gasteiger partial charge in [0.05, 0.1) is 5.56 Å². The van der Waals surface area contributed by atoms with E-state index in [9.17, 15) is 18.4 Å². The number of likely N-dealkylation sites (N-methyl/N-ethyl adjacent to an activating group) is 1. The second-order valence-corrected chi connectivity index (χ2v) is 9.80. The van der Waals surface area contributed by atoms with Crippen LogP contribution >= 0.6 is 8.58 Å². The lowest BCUT2D eigenvalue weighted by molar-refractivity contribution is 0.0168. The molecule has 1 atom stereocenters. The molecule has 2 aromatic rings. The summed E-state index contributed by atoms with van der Waals surface area (Å²) in [6, 6.07) is 7.80. The van der Waals surface area contributed by atoms with Crippen LogP contribution in [0.2, 0.25) is 0 Å². The van der Waals surface area contributed by atoms with Crippen LogP contribution in [0.1, 0.15) is 59.0 Å². The molecule has 0 aliphatic heterocycles. The van der Waals surface area contributed by atoms with Gasteiger partial charge in [-0.25, -0.2) is 8.78 Å². The molecule has 180 valence electrons. The minimum absolute atomic E-state index is 0.115. The Bertz CT molecular complexity index is 1000.